The second kappa shape index (κ2) is 10.2. The number of ether oxygens (including phenoxy) is 1. The van der Waals surface area contributed by atoms with Crippen molar-refractivity contribution in [2.24, 2.45) is 11.8 Å². The topological polar surface area (TPSA) is 50.4 Å². The molecule has 0 bridgehead atoms. The summed E-state index contributed by atoms with van der Waals surface area (Å²) in [4.78, 5) is 11.8. The lowest BCUT2D eigenvalue weighted by Crippen LogP contribution is -2.40. The van der Waals surface area contributed by atoms with Gasteiger partial charge >= 0.3 is 6.18 Å². The molecule has 1 aliphatic carbocycles. The lowest BCUT2D eigenvalue weighted by atomic mass is 9.80. The molecule has 0 saturated heterocycles. The van der Waals surface area contributed by atoms with Crippen LogP contribution in [0.2, 0.25) is 0 Å². The first-order valence-corrected chi connectivity index (χ1v) is 6.99. The van der Waals surface area contributed by atoms with Crippen LogP contribution in [0.4, 0.5) is 13.2 Å². The van der Waals surface area contributed by atoms with E-state index in [0.717, 1.165) is 0 Å². The van der Waals surface area contributed by atoms with Gasteiger partial charge in [-0.25, -0.2) is 0 Å². The van der Waals surface area contributed by atoms with Gasteiger partial charge in [0.25, 0.3) is 0 Å². The average Bonchev–Trinajstić information content (AvgIpc) is 2.41. The summed E-state index contributed by atoms with van der Waals surface area (Å²) in [6.07, 6.45) is -3.09. The molecule has 0 radical (unpaired) electrons. The van der Waals surface area contributed by atoms with E-state index in [4.69, 9.17) is 4.74 Å². The molecule has 126 valence electrons. The molecular formula is C13H24ClF3N2O2. The summed E-state index contributed by atoms with van der Waals surface area (Å²) in [6.45, 7) is 2.29. The van der Waals surface area contributed by atoms with Gasteiger partial charge in [-0.1, -0.05) is 6.42 Å². The van der Waals surface area contributed by atoms with Crippen LogP contribution in [0.3, 0.4) is 0 Å². The molecule has 2 N–H and O–H groups in total. The van der Waals surface area contributed by atoms with Crippen molar-refractivity contribution in [3.8, 4) is 0 Å². The molecule has 1 amide bonds. The summed E-state index contributed by atoms with van der Waals surface area (Å²) >= 11 is 0. The molecule has 21 heavy (non-hydrogen) atoms. The Kier molecular flexibility index (Phi) is 9.98. The SMILES string of the molecule is COCCNCCNC(=O)C1CCCC(C(F)(F)F)C1.Cl. The van der Waals surface area contributed by atoms with Gasteiger partial charge in [-0.2, -0.15) is 13.2 Å². The summed E-state index contributed by atoms with van der Waals surface area (Å²) in [6, 6.07) is 0. The van der Waals surface area contributed by atoms with E-state index in [1.807, 2.05) is 0 Å². The van der Waals surface area contributed by atoms with Gasteiger partial charge in [0.1, 0.15) is 0 Å². The second-order valence-electron chi connectivity index (χ2n) is 5.14. The van der Waals surface area contributed by atoms with E-state index in [2.05, 4.69) is 10.6 Å². The van der Waals surface area contributed by atoms with Gasteiger partial charge in [0, 0.05) is 32.7 Å². The van der Waals surface area contributed by atoms with Crippen molar-refractivity contribution >= 4 is 18.3 Å². The van der Waals surface area contributed by atoms with Crippen LogP contribution >= 0.6 is 12.4 Å². The van der Waals surface area contributed by atoms with Gasteiger partial charge in [0.2, 0.25) is 5.91 Å². The van der Waals surface area contributed by atoms with Gasteiger partial charge in [-0.3, -0.25) is 4.79 Å². The van der Waals surface area contributed by atoms with Crippen molar-refractivity contribution in [3.05, 3.63) is 0 Å². The van der Waals surface area contributed by atoms with E-state index in [1.54, 1.807) is 7.11 Å². The van der Waals surface area contributed by atoms with Crippen molar-refractivity contribution in [2.75, 3.05) is 33.4 Å². The molecule has 1 fully saturated rings. The molecule has 0 spiro atoms. The Morgan fingerprint density at radius 1 is 1.24 bits per heavy atom. The Labute approximate surface area is 129 Å². The van der Waals surface area contributed by atoms with Crippen molar-refractivity contribution in [1.29, 1.82) is 0 Å². The van der Waals surface area contributed by atoms with E-state index in [1.165, 1.54) is 0 Å². The molecule has 0 aromatic heterocycles. The highest BCUT2D eigenvalue weighted by Gasteiger charge is 2.43. The van der Waals surface area contributed by atoms with Gasteiger partial charge < -0.3 is 15.4 Å². The largest absolute Gasteiger partial charge is 0.391 e. The molecule has 2 atom stereocenters. The fourth-order valence-electron chi connectivity index (χ4n) is 2.44. The van der Waals surface area contributed by atoms with Crippen LogP contribution < -0.4 is 10.6 Å². The summed E-state index contributed by atoms with van der Waals surface area (Å²) < 4.78 is 42.8. The van der Waals surface area contributed by atoms with Crippen LogP contribution in [-0.4, -0.2) is 45.4 Å². The molecule has 1 rings (SSSR count). The Morgan fingerprint density at radius 3 is 2.57 bits per heavy atom. The highest BCUT2D eigenvalue weighted by atomic mass is 35.5. The molecule has 0 aromatic rings. The van der Waals surface area contributed by atoms with E-state index in [-0.39, 0.29) is 31.2 Å². The number of rotatable bonds is 7. The van der Waals surface area contributed by atoms with Crippen LogP contribution in [0.5, 0.6) is 0 Å². The molecule has 4 nitrogen and oxygen atoms in total. The Hall–Kier alpha value is -0.530. The number of amides is 1. The first kappa shape index (κ1) is 20.5. The highest BCUT2D eigenvalue weighted by molar-refractivity contribution is 5.85. The summed E-state index contributed by atoms with van der Waals surface area (Å²) in [5.41, 5.74) is 0. The Balaban J connectivity index is 0.00000400. The maximum Gasteiger partial charge on any atom is 0.391 e. The first-order valence-electron chi connectivity index (χ1n) is 6.99. The molecule has 1 saturated carbocycles. The van der Waals surface area contributed by atoms with Crippen LogP contribution in [0.15, 0.2) is 0 Å². The number of nitrogens with one attached hydrogen (secondary N) is 2. The molecule has 0 aromatic carbocycles. The maximum atomic E-state index is 12.6. The summed E-state index contributed by atoms with van der Waals surface area (Å²) in [7, 11) is 1.60. The zero-order valence-corrected chi connectivity index (χ0v) is 13.0. The molecule has 2 unspecified atom stereocenters. The number of hydrogen-bond acceptors (Lipinski definition) is 3. The third kappa shape index (κ3) is 7.87. The molecule has 1 aliphatic rings. The van der Waals surface area contributed by atoms with Crippen molar-refractivity contribution in [1.82, 2.24) is 10.6 Å². The summed E-state index contributed by atoms with van der Waals surface area (Å²) in [5, 5.41) is 5.75. The van der Waals surface area contributed by atoms with E-state index in [9.17, 15) is 18.0 Å². The third-order valence-electron chi connectivity index (χ3n) is 3.59. The zero-order valence-electron chi connectivity index (χ0n) is 12.2. The monoisotopic (exact) mass is 332 g/mol. The molecular weight excluding hydrogens is 309 g/mol. The first-order chi connectivity index (χ1) is 9.45. The molecule has 0 heterocycles. The van der Waals surface area contributed by atoms with Crippen LogP contribution in [-0.2, 0) is 9.53 Å². The number of methoxy groups -OCH3 is 1. The number of carbonyl (C=O) groups excluding carboxylic acids is 1. The summed E-state index contributed by atoms with van der Waals surface area (Å²) in [5.74, 6) is -2.09. The fraction of sp³-hybridized carbons (Fsp3) is 0.923. The Bertz CT molecular complexity index is 304. The lowest BCUT2D eigenvalue weighted by Gasteiger charge is -2.29. The molecule has 8 heteroatoms. The number of alkyl halides is 3. The lowest BCUT2D eigenvalue weighted by molar-refractivity contribution is -0.186. The second-order valence-corrected chi connectivity index (χ2v) is 5.14. The minimum absolute atomic E-state index is 0. The third-order valence-corrected chi connectivity index (χ3v) is 3.59. The van der Waals surface area contributed by atoms with Crippen molar-refractivity contribution < 1.29 is 22.7 Å². The van der Waals surface area contributed by atoms with E-state index < -0.39 is 18.0 Å². The normalized spacial score (nSPS) is 22.5. The predicted octanol–water partition coefficient (Wildman–Crippen LogP) is 2.13. The van der Waals surface area contributed by atoms with Gasteiger partial charge in [0.05, 0.1) is 12.5 Å². The zero-order chi connectivity index (χ0) is 15.0. The number of carbonyl (C=O) groups is 1. The predicted molar refractivity (Wildman–Crippen MR) is 76.5 cm³/mol. The fourth-order valence-corrected chi connectivity index (χ4v) is 2.44. The van der Waals surface area contributed by atoms with Crippen molar-refractivity contribution in [2.45, 2.75) is 31.9 Å². The quantitative estimate of drug-likeness (QED) is 0.702. The highest BCUT2D eigenvalue weighted by Crippen LogP contribution is 2.39. The number of halogens is 4. The number of hydrogen-bond donors (Lipinski definition) is 2. The van der Waals surface area contributed by atoms with Gasteiger partial charge in [0.15, 0.2) is 0 Å². The van der Waals surface area contributed by atoms with E-state index in [0.29, 0.717) is 39.1 Å². The smallest absolute Gasteiger partial charge is 0.383 e. The van der Waals surface area contributed by atoms with E-state index >= 15 is 0 Å². The van der Waals surface area contributed by atoms with Crippen LogP contribution in [0, 0.1) is 11.8 Å². The maximum absolute atomic E-state index is 12.6. The van der Waals surface area contributed by atoms with Crippen LogP contribution in [0.1, 0.15) is 25.7 Å². The Morgan fingerprint density at radius 2 is 1.95 bits per heavy atom. The van der Waals surface area contributed by atoms with Crippen molar-refractivity contribution in [3.63, 3.8) is 0 Å². The minimum atomic E-state index is -4.18. The van der Waals surface area contributed by atoms with Gasteiger partial charge in [-0.05, 0) is 19.3 Å². The van der Waals surface area contributed by atoms with Crippen LogP contribution in [0.25, 0.3) is 0 Å². The minimum Gasteiger partial charge on any atom is -0.383 e. The standard InChI is InChI=1S/C13H23F3N2O2.ClH/c1-20-8-7-17-5-6-18-12(19)10-3-2-4-11(9-10)13(14,15)16;/h10-11,17H,2-9H2,1H3,(H,18,19);1H. The average molecular weight is 333 g/mol. The van der Waals surface area contributed by atoms with Gasteiger partial charge in [-0.15, -0.1) is 12.4 Å². The molecule has 0 aliphatic heterocycles.